The minimum Gasteiger partial charge on any atom is -0.479 e. The first-order chi connectivity index (χ1) is 5.95. The molecule has 0 fully saturated rings. The van der Waals surface area contributed by atoms with Crippen LogP contribution in [0, 0.1) is 0 Å². The van der Waals surface area contributed by atoms with E-state index in [4.69, 9.17) is 4.74 Å². The lowest BCUT2D eigenvalue weighted by atomic mass is 10.0. The molecular formula is C10H7NO. The summed E-state index contributed by atoms with van der Waals surface area (Å²) in [5.41, 5.74) is 2.18. The number of hydrogen-bond acceptors (Lipinski definition) is 2. The SMILES string of the molecule is C1=CC2=C3N=CC=C3OC2C=C1. The Morgan fingerprint density at radius 2 is 2.33 bits per heavy atom. The van der Waals surface area contributed by atoms with E-state index < -0.39 is 0 Å². The van der Waals surface area contributed by atoms with E-state index in [1.807, 2.05) is 24.3 Å². The number of aliphatic imine (C=N–C) groups is 1. The van der Waals surface area contributed by atoms with Gasteiger partial charge in [-0.15, -0.1) is 0 Å². The fraction of sp³-hybridized carbons (Fsp3) is 0.100. The first-order valence-corrected chi connectivity index (χ1v) is 3.95. The lowest BCUT2D eigenvalue weighted by Crippen LogP contribution is -2.06. The quantitative estimate of drug-likeness (QED) is 0.524. The zero-order valence-corrected chi connectivity index (χ0v) is 6.40. The summed E-state index contributed by atoms with van der Waals surface area (Å²) in [4.78, 5) is 4.23. The van der Waals surface area contributed by atoms with Gasteiger partial charge < -0.3 is 4.74 Å². The van der Waals surface area contributed by atoms with Gasteiger partial charge >= 0.3 is 0 Å². The molecule has 2 heteroatoms. The van der Waals surface area contributed by atoms with Crippen LogP contribution in [0.2, 0.25) is 0 Å². The summed E-state index contributed by atoms with van der Waals surface area (Å²) < 4.78 is 5.61. The molecule has 12 heavy (non-hydrogen) atoms. The van der Waals surface area contributed by atoms with E-state index in [-0.39, 0.29) is 6.10 Å². The molecular weight excluding hydrogens is 150 g/mol. The lowest BCUT2D eigenvalue weighted by Gasteiger charge is -2.09. The molecule has 2 aliphatic heterocycles. The van der Waals surface area contributed by atoms with E-state index >= 15 is 0 Å². The van der Waals surface area contributed by atoms with Crippen molar-refractivity contribution in [3.63, 3.8) is 0 Å². The van der Waals surface area contributed by atoms with Crippen LogP contribution >= 0.6 is 0 Å². The third kappa shape index (κ3) is 0.619. The van der Waals surface area contributed by atoms with Crippen LogP contribution < -0.4 is 0 Å². The highest BCUT2D eigenvalue weighted by molar-refractivity contribution is 5.80. The highest BCUT2D eigenvalue weighted by atomic mass is 16.5. The van der Waals surface area contributed by atoms with Gasteiger partial charge in [0.05, 0.1) is 0 Å². The largest absolute Gasteiger partial charge is 0.479 e. The van der Waals surface area contributed by atoms with Crippen LogP contribution in [0.15, 0.2) is 52.4 Å². The van der Waals surface area contributed by atoms with Crippen molar-refractivity contribution in [3.8, 4) is 0 Å². The van der Waals surface area contributed by atoms with Crippen LogP contribution in [0.4, 0.5) is 0 Å². The highest BCUT2D eigenvalue weighted by Crippen LogP contribution is 2.35. The van der Waals surface area contributed by atoms with Crippen LogP contribution in [-0.2, 0) is 4.74 Å². The van der Waals surface area contributed by atoms with Gasteiger partial charge in [0.2, 0.25) is 0 Å². The van der Waals surface area contributed by atoms with Gasteiger partial charge in [0.25, 0.3) is 0 Å². The normalized spacial score (nSPS) is 28.7. The van der Waals surface area contributed by atoms with Gasteiger partial charge in [-0.05, 0) is 6.08 Å². The number of fused-ring (bicyclic) bond motifs is 2. The summed E-state index contributed by atoms with van der Waals surface area (Å²) in [6, 6.07) is 0. The van der Waals surface area contributed by atoms with Crippen LogP contribution in [0.25, 0.3) is 0 Å². The Bertz CT molecular complexity index is 383. The molecule has 0 aromatic rings. The first kappa shape index (κ1) is 6.00. The van der Waals surface area contributed by atoms with Crippen LogP contribution in [0.1, 0.15) is 0 Å². The molecule has 58 valence electrons. The monoisotopic (exact) mass is 157 g/mol. The number of rotatable bonds is 0. The standard InChI is InChI=1S/C10H7NO/c1-2-4-8-7(3-1)10-9(12-8)5-6-11-10/h1-6,8H. The first-order valence-electron chi connectivity index (χ1n) is 3.95. The third-order valence-corrected chi connectivity index (χ3v) is 2.17. The Morgan fingerprint density at radius 3 is 3.33 bits per heavy atom. The zero-order valence-electron chi connectivity index (χ0n) is 6.40. The summed E-state index contributed by atoms with van der Waals surface area (Å²) in [7, 11) is 0. The summed E-state index contributed by atoms with van der Waals surface area (Å²) in [5, 5.41) is 0. The van der Waals surface area contributed by atoms with Gasteiger partial charge in [0.1, 0.15) is 17.6 Å². The average Bonchev–Trinajstić information content (AvgIpc) is 2.62. The van der Waals surface area contributed by atoms with E-state index in [0.29, 0.717) is 0 Å². The maximum absolute atomic E-state index is 5.61. The van der Waals surface area contributed by atoms with Gasteiger partial charge in [0, 0.05) is 17.9 Å². The van der Waals surface area contributed by atoms with Crippen LogP contribution in [0.5, 0.6) is 0 Å². The fourth-order valence-corrected chi connectivity index (χ4v) is 1.61. The second kappa shape index (κ2) is 1.97. The predicted octanol–water partition coefficient (Wildman–Crippen LogP) is 1.73. The Balaban J connectivity index is 2.20. The number of allylic oxidation sites excluding steroid dienone is 3. The molecule has 0 bridgehead atoms. The van der Waals surface area contributed by atoms with Crippen molar-refractivity contribution in [2.75, 3.05) is 0 Å². The number of ether oxygens (including phenoxy) is 1. The highest BCUT2D eigenvalue weighted by Gasteiger charge is 2.29. The van der Waals surface area contributed by atoms with Gasteiger partial charge in [-0.2, -0.15) is 0 Å². The number of nitrogens with zero attached hydrogens (tertiary/aromatic N) is 1. The Labute approximate surface area is 70.3 Å². The van der Waals surface area contributed by atoms with Crippen molar-refractivity contribution in [1.29, 1.82) is 0 Å². The van der Waals surface area contributed by atoms with Gasteiger partial charge in [-0.25, -0.2) is 0 Å². The Hall–Kier alpha value is -1.57. The molecule has 1 aliphatic carbocycles. The van der Waals surface area contributed by atoms with Crippen LogP contribution in [-0.4, -0.2) is 12.3 Å². The number of hydrogen-bond donors (Lipinski definition) is 0. The smallest absolute Gasteiger partial charge is 0.148 e. The minimum absolute atomic E-state index is 0.105. The molecule has 0 N–H and O–H groups in total. The molecule has 0 saturated heterocycles. The predicted molar refractivity (Wildman–Crippen MR) is 46.8 cm³/mol. The average molecular weight is 157 g/mol. The van der Waals surface area contributed by atoms with Crippen molar-refractivity contribution in [2.45, 2.75) is 6.10 Å². The van der Waals surface area contributed by atoms with Crippen molar-refractivity contribution in [3.05, 3.63) is 47.4 Å². The summed E-state index contributed by atoms with van der Waals surface area (Å²) in [6.45, 7) is 0. The maximum Gasteiger partial charge on any atom is 0.148 e. The summed E-state index contributed by atoms with van der Waals surface area (Å²) >= 11 is 0. The minimum atomic E-state index is 0.105. The summed E-state index contributed by atoms with van der Waals surface area (Å²) in [5.74, 6) is 0.909. The van der Waals surface area contributed by atoms with Crippen molar-refractivity contribution < 1.29 is 4.74 Å². The van der Waals surface area contributed by atoms with Gasteiger partial charge in [0.15, 0.2) is 0 Å². The second-order valence-corrected chi connectivity index (χ2v) is 2.90. The molecule has 0 spiro atoms. The third-order valence-electron chi connectivity index (χ3n) is 2.17. The Kier molecular flexibility index (Phi) is 0.987. The Morgan fingerprint density at radius 1 is 1.33 bits per heavy atom. The van der Waals surface area contributed by atoms with Crippen LogP contribution in [0.3, 0.4) is 0 Å². The van der Waals surface area contributed by atoms with E-state index in [1.54, 1.807) is 6.21 Å². The van der Waals surface area contributed by atoms with Gasteiger partial charge in [-0.3, -0.25) is 4.99 Å². The summed E-state index contributed by atoms with van der Waals surface area (Å²) in [6.07, 6.45) is 11.9. The maximum atomic E-state index is 5.61. The molecule has 0 saturated carbocycles. The van der Waals surface area contributed by atoms with Gasteiger partial charge in [-0.1, -0.05) is 18.2 Å². The zero-order chi connectivity index (χ0) is 7.97. The van der Waals surface area contributed by atoms with Crippen molar-refractivity contribution in [1.82, 2.24) is 0 Å². The molecule has 2 nitrogen and oxygen atoms in total. The molecule has 0 aromatic heterocycles. The molecule has 2 heterocycles. The van der Waals surface area contributed by atoms with E-state index in [1.165, 1.54) is 5.57 Å². The lowest BCUT2D eigenvalue weighted by molar-refractivity contribution is 0.214. The fourth-order valence-electron chi connectivity index (χ4n) is 1.61. The molecule has 0 amide bonds. The molecule has 0 radical (unpaired) electrons. The molecule has 0 aromatic carbocycles. The van der Waals surface area contributed by atoms with Crippen molar-refractivity contribution in [2.24, 2.45) is 4.99 Å². The molecule has 3 rings (SSSR count). The molecule has 3 aliphatic rings. The second-order valence-electron chi connectivity index (χ2n) is 2.90. The van der Waals surface area contributed by atoms with Crippen molar-refractivity contribution >= 4 is 6.21 Å². The van der Waals surface area contributed by atoms with E-state index in [9.17, 15) is 0 Å². The van der Waals surface area contributed by atoms with E-state index in [2.05, 4.69) is 11.1 Å². The van der Waals surface area contributed by atoms with E-state index in [0.717, 1.165) is 11.5 Å². The molecule has 1 unspecified atom stereocenters. The molecule has 1 atom stereocenters. The topological polar surface area (TPSA) is 21.6 Å².